The third kappa shape index (κ3) is 28.1. The van der Waals surface area contributed by atoms with Gasteiger partial charge in [-0.25, -0.2) is 11.4 Å². The summed E-state index contributed by atoms with van der Waals surface area (Å²) >= 11 is 0. The van der Waals surface area contributed by atoms with Gasteiger partial charge in [0, 0.05) is 132 Å². The van der Waals surface area contributed by atoms with Gasteiger partial charge >= 0.3 is 0 Å². The van der Waals surface area contributed by atoms with Crippen LogP contribution in [0.15, 0.2) is 383 Å². The Hall–Kier alpha value is -12.9. The van der Waals surface area contributed by atoms with E-state index >= 15 is 0 Å². The maximum atomic E-state index is 4.47. The van der Waals surface area contributed by atoms with E-state index in [-0.39, 0.29) is 89.7 Å². The van der Waals surface area contributed by atoms with E-state index in [4.69, 9.17) is 0 Å². The van der Waals surface area contributed by atoms with Crippen LogP contribution in [-0.2, 0) is 89.7 Å². The van der Waals surface area contributed by atoms with Gasteiger partial charge in [0.05, 0.1) is 11.4 Å². The number of hydrogen-bond acceptors (Lipinski definition) is 8. The number of rotatable bonds is 12. The van der Waals surface area contributed by atoms with Gasteiger partial charge in [-0.05, 0) is 81.0 Å². The molecule has 20 heteroatoms. The van der Waals surface area contributed by atoms with Crippen LogP contribution in [0.2, 0.25) is 0 Å². The third-order valence-corrected chi connectivity index (χ3v) is 18.2. The van der Waals surface area contributed by atoms with Crippen LogP contribution < -0.4 is 20.1 Å². The van der Waals surface area contributed by atoms with Crippen LogP contribution >= 0.6 is 0 Å². The Kier molecular flexibility index (Phi) is 37.7. The van der Waals surface area contributed by atoms with Gasteiger partial charge in [-0.15, -0.1) is 185 Å². The average Bonchev–Trinajstić information content (AvgIpc) is 1.63. The molecule has 0 fully saturated rings. The second kappa shape index (κ2) is 49.2. The molecule has 8 heterocycles. The topological polar surface area (TPSA) is 179 Å². The summed E-state index contributed by atoms with van der Waals surface area (Å²) in [6.07, 6.45) is 13.9. The van der Waals surface area contributed by atoms with Crippen LogP contribution in [0.5, 0.6) is 0 Å². The maximum absolute atomic E-state index is 4.47. The molecule has 632 valence electrons. The van der Waals surface area contributed by atoms with Gasteiger partial charge in [-0.1, -0.05) is 195 Å². The van der Waals surface area contributed by atoms with Gasteiger partial charge in [0.1, 0.15) is 0 Å². The second-order valence-corrected chi connectivity index (χ2v) is 28.0. The molecule has 12 aromatic carbocycles. The molecule has 20 rings (SSSR count). The number of aryl methyl sites for hydroxylation is 4. The molecule has 0 aliphatic rings. The molecular formula is C104H84N16Pt4-12. The molecular weight excluding hydrogens is 2250 g/mol. The minimum atomic E-state index is 0. The standard InChI is InChI=1S/2C17H15N2.2C15H11N2.C13H14N2.C10H7N.C9H6N2.C8H5N3.4Pt/c2*1-13-12-14(2)19(18-13)17-10-8-16(9-11-17)15-6-4-3-5-7-15;2*1-2-5-13(6-3-1)14-7-9-15(10-8-14)17-12-4-11-16-17;1-13(2,3)12-9-11(14-15-12)10-7-5-4-6-8-10;1-2-5-9(6-3-1)10-7-4-8-11-10;1-2-4-8(5-3-1)9-10-6-7-11-9;1-2-4-7(5-3-1)8-9-6-10-11-8;;;;/h2*3-10,12H,1-2H3;2*1-9,11-12H;4-7,9H,1-3H3;1-5,7-8H;1-4,6-7H;1-4,6H;;;;/q4*-1;4*-2;;;;. The van der Waals surface area contributed by atoms with Crippen LogP contribution in [-0.4, -0.2) is 59.4 Å². The van der Waals surface area contributed by atoms with E-state index in [0.717, 1.165) is 90.7 Å². The van der Waals surface area contributed by atoms with Crippen molar-refractivity contribution in [3.05, 3.63) is 460 Å². The number of imidazole rings is 1. The molecule has 0 aliphatic carbocycles. The fourth-order valence-corrected chi connectivity index (χ4v) is 12.1. The molecule has 20 aromatic rings. The van der Waals surface area contributed by atoms with Crippen molar-refractivity contribution in [3.63, 3.8) is 0 Å². The minimum Gasteiger partial charge on any atom is -0.708 e. The summed E-state index contributed by atoms with van der Waals surface area (Å²) < 4.78 is 7.44. The van der Waals surface area contributed by atoms with Crippen molar-refractivity contribution in [1.82, 2.24) is 79.5 Å². The first kappa shape index (κ1) is 94.9. The van der Waals surface area contributed by atoms with Crippen molar-refractivity contribution < 1.29 is 84.3 Å². The normalized spacial score (nSPS) is 10.1. The van der Waals surface area contributed by atoms with Crippen molar-refractivity contribution in [2.45, 2.75) is 53.9 Å². The van der Waals surface area contributed by atoms with E-state index < -0.39 is 0 Å². The predicted octanol–water partition coefficient (Wildman–Crippen LogP) is 21.9. The van der Waals surface area contributed by atoms with Crippen molar-refractivity contribution in [2.24, 2.45) is 0 Å². The molecule has 0 aliphatic heterocycles. The summed E-state index contributed by atoms with van der Waals surface area (Å²) in [5.41, 5.74) is 24.5. The van der Waals surface area contributed by atoms with Gasteiger partial charge < -0.3 is 40.3 Å². The molecule has 0 atom stereocenters. The fourth-order valence-electron chi connectivity index (χ4n) is 12.1. The molecule has 124 heavy (non-hydrogen) atoms. The Balaban J connectivity index is 0.000000161. The second-order valence-electron chi connectivity index (χ2n) is 28.0. The molecule has 0 unspecified atom stereocenters. The van der Waals surface area contributed by atoms with Crippen molar-refractivity contribution in [1.29, 1.82) is 0 Å². The van der Waals surface area contributed by atoms with Crippen LogP contribution in [0, 0.1) is 76.2 Å². The van der Waals surface area contributed by atoms with E-state index in [1.165, 1.54) is 50.8 Å². The summed E-state index contributed by atoms with van der Waals surface area (Å²) in [6.45, 7) is 14.5. The molecule has 0 amide bonds. The van der Waals surface area contributed by atoms with Crippen molar-refractivity contribution in [2.75, 3.05) is 0 Å². The average molecular weight is 2340 g/mol. The minimum absolute atomic E-state index is 0. The van der Waals surface area contributed by atoms with Crippen LogP contribution in [0.1, 0.15) is 49.2 Å². The summed E-state index contributed by atoms with van der Waals surface area (Å²) in [6, 6.07) is 136. The van der Waals surface area contributed by atoms with E-state index in [9.17, 15) is 0 Å². The number of benzene rings is 12. The smallest absolute Gasteiger partial charge is 0.0600 e. The Morgan fingerprint density at radius 1 is 0.323 bits per heavy atom. The van der Waals surface area contributed by atoms with Gasteiger partial charge in [0.25, 0.3) is 0 Å². The molecule has 16 nitrogen and oxygen atoms in total. The summed E-state index contributed by atoms with van der Waals surface area (Å²) in [7, 11) is 0. The largest absolute Gasteiger partial charge is 0.708 e. The van der Waals surface area contributed by atoms with Crippen molar-refractivity contribution >= 4 is 0 Å². The van der Waals surface area contributed by atoms with Gasteiger partial charge in [-0.3, -0.25) is 18.7 Å². The zero-order chi connectivity index (χ0) is 82.9. The third-order valence-electron chi connectivity index (χ3n) is 18.2. The van der Waals surface area contributed by atoms with E-state index in [1.54, 1.807) is 40.3 Å². The van der Waals surface area contributed by atoms with Gasteiger partial charge in [0.2, 0.25) is 0 Å². The fraction of sp³-hybridized carbons (Fsp3) is 0.0769. The zero-order valence-corrected chi connectivity index (χ0v) is 77.9. The number of hydrogen-bond donors (Lipinski definition) is 0. The Morgan fingerprint density at radius 3 is 1.01 bits per heavy atom. The monoisotopic (exact) mass is 2340 g/mol. The molecule has 8 aromatic heterocycles. The van der Waals surface area contributed by atoms with E-state index in [0.29, 0.717) is 5.82 Å². The first-order chi connectivity index (χ1) is 58.8. The van der Waals surface area contributed by atoms with Gasteiger partial charge in [0.15, 0.2) is 0 Å². The van der Waals surface area contributed by atoms with Crippen LogP contribution in [0.3, 0.4) is 0 Å². The molecule has 0 saturated heterocycles. The molecule has 0 N–H and O–H groups in total. The summed E-state index contributed by atoms with van der Waals surface area (Å²) in [5.74, 6) is 1.37. The quantitative estimate of drug-likeness (QED) is 0.106. The molecule has 0 spiro atoms. The zero-order valence-electron chi connectivity index (χ0n) is 68.8. The predicted molar refractivity (Wildman–Crippen MR) is 476 cm³/mol. The first-order valence-corrected chi connectivity index (χ1v) is 38.9. The molecule has 0 radical (unpaired) electrons. The van der Waals surface area contributed by atoms with E-state index in [2.05, 4.69) is 241 Å². The SMILES string of the molecule is CC(C)(C)c1cc(-c2[c-]cccc2)[n-]n1.Cc1cc(C)n(-c2[c-]cc(-c3ccccc3)cc2)n1.Cc1cc(C)n(-c2[c-]cc(-c3ccccc3)cc2)n1.[Pt].[Pt].[Pt].[Pt].[c-]1cc(-c2ccccc2)ccc1-n1cccn1.[c-]1cc(-c2ccccc2)ccc1-n1cccn1.[c-]1ccccc1-c1ccc[n-]1.[c-]1ccccc1-c1ncc[n-]1.[c-]1ccccc1-c1nnc[n-]1. The number of aromatic nitrogens is 16. The van der Waals surface area contributed by atoms with Crippen molar-refractivity contribution in [3.8, 4) is 113 Å². The Labute approximate surface area is 783 Å². The maximum Gasteiger partial charge on any atom is 0.0600 e. The van der Waals surface area contributed by atoms with Gasteiger partial charge in [-0.2, -0.15) is 116 Å². The summed E-state index contributed by atoms with van der Waals surface area (Å²) in [4.78, 5) is 16.2. The Bertz CT molecular complexity index is 5800. The molecule has 0 saturated carbocycles. The van der Waals surface area contributed by atoms with E-state index in [1.807, 2.05) is 272 Å². The molecule has 0 bridgehead atoms. The van der Waals surface area contributed by atoms with Crippen LogP contribution in [0.25, 0.3) is 113 Å². The Morgan fingerprint density at radius 2 is 0.710 bits per heavy atom. The first-order valence-electron chi connectivity index (χ1n) is 38.9. The number of nitrogens with zero attached hydrogens (tertiary/aromatic N) is 16. The van der Waals surface area contributed by atoms with Crippen LogP contribution in [0.4, 0.5) is 0 Å². The summed E-state index contributed by atoms with van der Waals surface area (Å²) in [5, 5.41) is 33.1.